The number of carboxylic acids is 1. The number of carbonyl (C=O) groups excluding carboxylic acids is 1. The van der Waals surface area contributed by atoms with Crippen molar-refractivity contribution in [2.75, 3.05) is 6.54 Å². The molecule has 0 spiro atoms. The van der Waals surface area contributed by atoms with E-state index < -0.39 is 5.97 Å². The molecule has 0 fully saturated rings. The van der Waals surface area contributed by atoms with E-state index in [0.717, 1.165) is 15.8 Å². The van der Waals surface area contributed by atoms with Crippen molar-refractivity contribution < 1.29 is 14.7 Å². The predicted molar refractivity (Wildman–Crippen MR) is 78.3 cm³/mol. The number of rotatable bonds is 7. The summed E-state index contributed by atoms with van der Waals surface area (Å²) in [5.74, 6) is -0.864. The summed E-state index contributed by atoms with van der Waals surface area (Å²) in [5.41, 5.74) is 0. The van der Waals surface area contributed by atoms with E-state index in [1.165, 1.54) is 0 Å². The molecule has 0 aliphatic rings. The smallest absolute Gasteiger partial charge is 0.315 e. The Bertz CT molecular complexity index is 436. The number of urea groups is 1. The number of carbonyl (C=O) groups is 2. The second kappa shape index (κ2) is 8.16. The van der Waals surface area contributed by atoms with Gasteiger partial charge in [-0.05, 0) is 27.9 Å². The minimum absolute atomic E-state index is 0.0286. The molecule has 0 saturated carbocycles. The van der Waals surface area contributed by atoms with Gasteiger partial charge in [0.25, 0.3) is 0 Å². The van der Waals surface area contributed by atoms with Gasteiger partial charge in [-0.2, -0.15) is 0 Å². The van der Waals surface area contributed by atoms with Crippen molar-refractivity contribution in [1.29, 1.82) is 0 Å². The van der Waals surface area contributed by atoms with Gasteiger partial charge >= 0.3 is 12.0 Å². The Balaban J connectivity index is 2.25. The second-order valence-electron chi connectivity index (χ2n) is 4.17. The number of halogens is 1. The first-order valence-corrected chi connectivity index (χ1v) is 7.65. The monoisotopic (exact) mass is 348 g/mol. The fourth-order valence-corrected chi connectivity index (χ4v) is 2.91. The molecule has 1 rings (SSSR count). The van der Waals surface area contributed by atoms with Gasteiger partial charge in [0, 0.05) is 27.7 Å². The van der Waals surface area contributed by atoms with Crippen molar-refractivity contribution in [2.45, 2.75) is 26.3 Å². The molecule has 0 saturated heterocycles. The molecule has 7 heteroatoms. The van der Waals surface area contributed by atoms with Crippen LogP contribution in [-0.4, -0.2) is 23.7 Å². The standard InChI is InChI=1S/C12H17BrN2O3S/c1-2-8(3-11(16)17)5-14-12(18)15-6-10-4-9(13)7-19-10/h4,7-8H,2-3,5-6H2,1H3,(H,16,17)(H2,14,15,18). The van der Waals surface area contributed by atoms with Crippen LogP contribution in [-0.2, 0) is 11.3 Å². The molecular formula is C12H17BrN2O3S. The topological polar surface area (TPSA) is 78.4 Å². The van der Waals surface area contributed by atoms with Crippen LogP contribution in [0.2, 0.25) is 0 Å². The zero-order chi connectivity index (χ0) is 14.3. The number of hydrogen-bond donors (Lipinski definition) is 3. The third-order valence-electron chi connectivity index (χ3n) is 2.64. The summed E-state index contributed by atoms with van der Waals surface area (Å²) < 4.78 is 1.00. The predicted octanol–water partition coefficient (Wildman–Crippen LogP) is 2.81. The van der Waals surface area contributed by atoms with Gasteiger partial charge < -0.3 is 15.7 Å². The van der Waals surface area contributed by atoms with Crippen LogP contribution >= 0.6 is 27.3 Å². The normalized spacial score (nSPS) is 11.9. The first-order chi connectivity index (χ1) is 9.01. The zero-order valence-electron chi connectivity index (χ0n) is 10.6. The Morgan fingerprint density at radius 3 is 2.74 bits per heavy atom. The third kappa shape index (κ3) is 6.58. The van der Waals surface area contributed by atoms with Gasteiger partial charge in [0.1, 0.15) is 0 Å². The summed E-state index contributed by atoms with van der Waals surface area (Å²) in [6.45, 7) is 2.76. The maximum Gasteiger partial charge on any atom is 0.315 e. The lowest BCUT2D eigenvalue weighted by molar-refractivity contribution is -0.138. The number of aliphatic carboxylic acids is 1. The van der Waals surface area contributed by atoms with Crippen molar-refractivity contribution in [3.05, 3.63) is 20.8 Å². The zero-order valence-corrected chi connectivity index (χ0v) is 13.0. The van der Waals surface area contributed by atoms with E-state index >= 15 is 0 Å². The molecule has 1 unspecified atom stereocenters. The van der Waals surface area contributed by atoms with E-state index in [4.69, 9.17) is 5.11 Å². The quantitative estimate of drug-likeness (QED) is 0.708. The van der Waals surface area contributed by atoms with E-state index in [0.29, 0.717) is 13.1 Å². The SMILES string of the molecule is CCC(CNC(=O)NCc1cc(Br)cs1)CC(=O)O. The Hall–Kier alpha value is -1.08. The fourth-order valence-electron chi connectivity index (χ4n) is 1.52. The van der Waals surface area contributed by atoms with E-state index in [-0.39, 0.29) is 18.4 Å². The number of hydrogen-bond acceptors (Lipinski definition) is 3. The van der Waals surface area contributed by atoms with Crippen LogP contribution < -0.4 is 10.6 Å². The maximum atomic E-state index is 11.6. The summed E-state index contributed by atoms with van der Waals surface area (Å²) in [4.78, 5) is 23.2. The van der Waals surface area contributed by atoms with Crippen molar-refractivity contribution >= 4 is 39.3 Å². The highest BCUT2D eigenvalue weighted by molar-refractivity contribution is 9.10. The Morgan fingerprint density at radius 2 is 2.21 bits per heavy atom. The second-order valence-corrected chi connectivity index (χ2v) is 6.08. The van der Waals surface area contributed by atoms with Crippen LogP contribution in [0.3, 0.4) is 0 Å². The molecule has 5 nitrogen and oxygen atoms in total. The van der Waals surface area contributed by atoms with E-state index in [1.807, 2.05) is 18.4 Å². The van der Waals surface area contributed by atoms with Crippen LogP contribution in [0.25, 0.3) is 0 Å². The number of carboxylic acid groups (broad SMARTS) is 1. The summed E-state index contributed by atoms with van der Waals surface area (Å²) >= 11 is 4.91. The molecule has 2 amide bonds. The Kier molecular flexibility index (Phi) is 6.86. The number of amides is 2. The molecule has 1 aromatic heterocycles. The van der Waals surface area contributed by atoms with Crippen molar-refractivity contribution in [3.63, 3.8) is 0 Å². The largest absolute Gasteiger partial charge is 0.481 e. The van der Waals surface area contributed by atoms with Gasteiger partial charge in [-0.3, -0.25) is 4.79 Å². The molecule has 19 heavy (non-hydrogen) atoms. The van der Waals surface area contributed by atoms with Crippen molar-refractivity contribution in [2.24, 2.45) is 5.92 Å². The molecular weight excluding hydrogens is 332 g/mol. The fraction of sp³-hybridized carbons (Fsp3) is 0.500. The lowest BCUT2D eigenvalue weighted by Gasteiger charge is -2.13. The Morgan fingerprint density at radius 1 is 1.47 bits per heavy atom. The molecule has 1 atom stereocenters. The lowest BCUT2D eigenvalue weighted by Crippen LogP contribution is -2.38. The minimum atomic E-state index is -0.836. The van der Waals surface area contributed by atoms with Crippen LogP contribution in [0.5, 0.6) is 0 Å². The highest BCUT2D eigenvalue weighted by Gasteiger charge is 2.12. The molecule has 3 N–H and O–H groups in total. The summed E-state index contributed by atoms with van der Waals surface area (Å²) in [6.07, 6.45) is 0.805. The minimum Gasteiger partial charge on any atom is -0.481 e. The van der Waals surface area contributed by atoms with Gasteiger partial charge in [-0.1, -0.05) is 13.3 Å². The molecule has 0 bridgehead atoms. The average Bonchev–Trinajstić information content (AvgIpc) is 2.77. The number of thiophene rings is 1. The summed E-state index contributed by atoms with van der Waals surface area (Å²) in [6, 6.07) is 1.68. The van der Waals surface area contributed by atoms with Crippen LogP contribution in [0.4, 0.5) is 4.79 Å². The molecule has 0 aliphatic heterocycles. The van der Waals surface area contributed by atoms with E-state index in [9.17, 15) is 9.59 Å². The van der Waals surface area contributed by atoms with Gasteiger partial charge in [0.15, 0.2) is 0 Å². The van der Waals surface area contributed by atoms with E-state index in [1.54, 1.807) is 11.3 Å². The Labute approximate surface area is 124 Å². The highest BCUT2D eigenvalue weighted by atomic mass is 79.9. The average molecular weight is 349 g/mol. The van der Waals surface area contributed by atoms with Crippen LogP contribution in [0, 0.1) is 5.92 Å². The van der Waals surface area contributed by atoms with Gasteiger partial charge in [-0.25, -0.2) is 4.79 Å². The maximum absolute atomic E-state index is 11.6. The molecule has 1 heterocycles. The molecule has 106 valence electrons. The van der Waals surface area contributed by atoms with Gasteiger partial charge in [0.2, 0.25) is 0 Å². The molecule has 0 radical (unpaired) electrons. The third-order valence-corrected chi connectivity index (χ3v) is 4.33. The summed E-state index contributed by atoms with van der Waals surface area (Å²) in [5, 5.41) is 16.1. The lowest BCUT2D eigenvalue weighted by atomic mass is 10.0. The van der Waals surface area contributed by atoms with Crippen LogP contribution in [0.1, 0.15) is 24.6 Å². The van der Waals surface area contributed by atoms with E-state index in [2.05, 4.69) is 26.6 Å². The molecule has 0 aliphatic carbocycles. The first kappa shape index (κ1) is 16.0. The molecule has 0 aromatic carbocycles. The van der Waals surface area contributed by atoms with Gasteiger partial charge in [0.05, 0.1) is 6.54 Å². The van der Waals surface area contributed by atoms with Crippen molar-refractivity contribution in [1.82, 2.24) is 10.6 Å². The van der Waals surface area contributed by atoms with Gasteiger partial charge in [-0.15, -0.1) is 11.3 Å². The van der Waals surface area contributed by atoms with Crippen molar-refractivity contribution in [3.8, 4) is 0 Å². The highest BCUT2D eigenvalue weighted by Crippen LogP contribution is 2.19. The van der Waals surface area contributed by atoms with Crippen LogP contribution in [0.15, 0.2) is 15.9 Å². The first-order valence-electron chi connectivity index (χ1n) is 5.97. The number of nitrogens with one attached hydrogen (secondary N) is 2. The summed E-state index contributed by atoms with van der Waals surface area (Å²) in [7, 11) is 0. The molecule has 1 aromatic rings.